The van der Waals surface area contributed by atoms with Crippen molar-refractivity contribution in [2.24, 2.45) is 11.1 Å². The third-order valence-corrected chi connectivity index (χ3v) is 5.01. The molecule has 0 radical (unpaired) electrons. The quantitative estimate of drug-likeness (QED) is 0.894. The molecule has 2 N–H and O–H groups in total. The Balaban J connectivity index is 1.57. The molecule has 1 spiro atoms. The minimum Gasteiger partial charge on any atom is -0.468 e. The summed E-state index contributed by atoms with van der Waals surface area (Å²) in [6.07, 6.45) is 10.4. The van der Waals surface area contributed by atoms with Crippen LogP contribution in [0, 0.1) is 5.41 Å². The molecule has 3 rings (SSSR count). The Hall–Kier alpha value is -0.800. The molecular formula is C15H24N2O. The second-order valence-corrected chi connectivity index (χ2v) is 6.06. The van der Waals surface area contributed by atoms with E-state index in [1.54, 1.807) is 6.26 Å². The van der Waals surface area contributed by atoms with Crippen molar-refractivity contribution >= 4 is 0 Å². The normalized spacial score (nSPS) is 23.8. The van der Waals surface area contributed by atoms with Crippen molar-refractivity contribution in [2.75, 3.05) is 13.1 Å². The molecule has 0 atom stereocenters. The van der Waals surface area contributed by atoms with E-state index in [1.807, 2.05) is 6.07 Å². The van der Waals surface area contributed by atoms with Crippen LogP contribution < -0.4 is 5.73 Å². The summed E-state index contributed by atoms with van der Waals surface area (Å²) in [5, 5.41) is 0. The molecule has 0 unspecified atom stereocenters. The predicted octanol–water partition coefficient (Wildman–Crippen LogP) is 2.89. The zero-order chi connectivity index (χ0) is 12.4. The van der Waals surface area contributed by atoms with E-state index in [4.69, 9.17) is 10.2 Å². The first-order chi connectivity index (χ1) is 8.81. The van der Waals surface area contributed by atoms with E-state index in [2.05, 4.69) is 4.90 Å². The van der Waals surface area contributed by atoms with Gasteiger partial charge in [-0.3, -0.25) is 4.90 Å². The SMILES string of the molecule is NCc1ccoc1CN1CCC2(CCCC2)CC1. The second-order valence-electron chi connectivity index (χ2n) is 6.06. The largest absolute Gasteiger partial charge is 0.468 e. The number of furan rings is 1. The van der Waals surface area contributed by atoms with Crippen LogP contribution in [0.1, 0.15) is 49.8 Å². The average Bonchev–Trinajstić information content (AvgIpc) is 3.02. The highest BCUT2D eigenvalue weighted by Gasteiger charge is 2.36. The summed E-state index contributed by atoms with van der Waals surface area (Å²) >= 11 is 0. The van der Waals surface area contributed by atoms with Crippen LogP contribution in [-0.2, 0) is 13.1 Å². The lowest BCUT2D eigenvalue weighted by molar-refractivity contribution is 0.0979. The topological polar surface area (TPSA) is 42.4 Å². The molecule has 2 fully saturated rings. The number of rotatable bonds is 3. The van der Waals surface area contributed by atoms with Crippen molar-refractivity contribution in [3.8, 4) is 0 Å². The molecule has 0 amide bonds. The molecule has 1 aromatic rings. The molecule has 0 bridgehead atoms. The highest BCUT2D eigenvalue weighted by Crippen LogP contribution is 2.46. The lowest BCUT2D eigenvalue weighted by Gasteiger charge is -2.39. The zero-order valence-corrected chi connectivity index (χ0v) is 11.2. The molecule has 100 valence electrons. The van der Waals surface area contributed by atoms with Crippen molar-refractivity contribution in [3.05, 3.63) is 23.7 Å². The maximum absolute atomic E-state index is 5.72. The number of hydrogen-bond acceptors (Lipinski definition) is 3. The summed E-state index contributed by atoms with van der Waals surface area (Å²) in [6.45, 7) is 3.98. The van der Waals surface area contributed by atoms with E-state index in [9.17, 15) is 0 Å². The van der Waals surface area contributed by atoms with Gasteiger partial charge < -0.3 is 10.2 Å². The van der Waals surface area contributed by atoms with Crippen molar-refractivity contribution in [1.82, 2.24) is 4.90 Å². The van der Waals surface area contributed by atoms with Crippen LogP contribution in [0.25, 0.3) is 0 Å². The highest BCUT2D eigenvalue weighted by molar-refractivity contribution is 5.16. The maximum Gasteiger partial charge on any atom is 0.122 e. The first-order valence-electron chi connectivity index (χ1n) is 7.29. The monoisotopic (exact) mass is 248 g/mol. The van der Waals surface area contributed by atoms with Gasteiger partial charge in [-0.25, -0.2) is 0 Å². The molecule has 3 nitrogen and oxygen atoms in total. The third-order valence-electron chi connectivity index (χ3n) is 5.01. The maximum atomic E-state index is 5.72. The van der Waals surface area contributed by atoms with E-state index in [1.165, 1.54) is 51.6 Å². The van der Waals surface area contributed by atoms with Crippen LogP contribution in [0.5, 0.6) is 0 Å². The van der Waals surface area contributed by atoms with Gasteiger partial charge in [0.25, 0.3) is 0 Å². The Morgan fingerprint density at radius 3 is 2.56 bits per heavy atom. The molecule has 1 aliphatic carbocycles. The van der Waals surface area contributed by atoms with Crippen molar-refractivity contribution in [1.29, 1.82) is 0 Å². The standard InChI is InChI=1S/C15H24N2O/c16-11-13-3-10-18-14(13)12-17-8-6-15(7-9-17)4-1-2-5-15/h3,10H,1-2,4-9,11-12,16H2. The van der Waals surface area contributed by atoms with Crippen LogP contribution in [-0.4, -0.2) is 18.0 Å². The van der Waals surface area contributed by atoms with Gasteiger partial charge in [0, 0.05) is 12.1 Å². The van der Waals surface area contributed by atoms with Crippen molar-refractivity contribution < 1.29 is 4.42 Å². The van der Waals surface area contributed by atoms with Crippen LogP contribution in [0.4, 0.5) is 0 Å². The number of nitrogens with two attached hydrogens (primary N) is 1. The Kier molecular flexibility index (Phi) is 3.44. The number of piperidine rings is 1. The van der Waals surface area contributed by atoms with Gasteiger partial charge in [0.1, 0.15) is 5.76 Å². The minimum absolute atomic E-state index is 0.587. The van der Waals surface area contributed by atoms with Crippen LogP contribution in [0.3, 0.4) is 0 Å². The first kappa shape index (κ1) is 12.2. The van der Waals surface area contributed by atoms with Gasteiger partial charge in [0.15, 0.2) is 0 Å². The Bertz CT molecular complexity index is 383. The lowest BCUT2D eigenvalue weighted by Crippen LogP contribution is -2.38. The zero-order valence-electron chi connectivity index (χ0n) is 11.2. The van der Waals surface area contributed by atoms with Gasteiger partial charge in [0.2, 0.25) is 0 Å². The molecule has 3 heteroatoms. The van der Waals surface area contributed by atoms with E-state index in [-0.39, 0.29) is 0 Å². The first-order valence-corrected chi connectivity index (χ1v) is 7.29. The summed E-state index contributed by atoms with van der Waals surface area (Å²) in [7, 11) is 0. The summed E-state index contributed by atoms with van der Waals surface area (Å²) < 4.78 is 5.55. The Morgan fingerprint density at radius 1 is 1.17 bits per heavy atom. The average molecular weight is 248 g/mol. The van der Waals surface area contributed by atoms with E-state index in [0.717, 1.165) is 17.9 Å². The smallest absolute Gasteiger partial charge is 0.122 e. The molecule has 2 aliphatic rings. The summed E-state index contributed by atoms with van der Waals surface area (Å²) in [6, 6.07) is 2.00. The molecule has 1 aromatic heterocycles. The molecule has 1 saturated heterocycles. The molecular weight excluding hydrogens is 224 g/mol. The number of likely N-dealkylation sites (tertiary alicyclic amines) is 1. The van der Waals surface area contributed by atoms with Crippen molar-refractivity contribution in [3.63, 3.8) is 0 Å². The van der Waals surface area contributed by atoms with Gasteiger partial charge >= 0.3 is 0 Å². The lowest BCUT2D eigenvalue weighted by atomic mass is 9.77. The fraction of sp³-hybridized carbons (Fsp3) is 0.733. The van der Waals surface area contributed by atoms with E-state index in [0.29, 0.717) is 12.0 Å². The van der Waals surface area contributed by atoms with Gasteiger partial charge in [-0.05, 0) is 50.3 Å². The highest BCUT2D eigenvalue weighted by atomic mass is 16.3. The fourth-order valence-electron chi connectivity index (χ4n) is 3.70. The van der Waals surface area contributed by atoms with E-state index < -0.39 is 0 Å². The molecule has 2 heterocycles. The molecule has 1 aliphatic heterocycles. The third kappa shape index (κ3) is 2.34. The summed E-state index contributed by atoms with van der Waals surface area (Å²) in [5.41, 5.74) is 7.58. The number of nitrogens with zero attached hydrogens (tertiary/aromatic N) is 1. The van der Waals surface area contributed by atoms with Crippen molar-refractivity contribution in [2.45, 2.75) is 51.6 Å². The summed E-state index contributed by atoms with van der Waals surface area (Å²) in [5.74, 6) is 1.07. The molecule has 18 heavy (non-hydrogen) atoms. The Morgan fingerprint density at radius 2 is 1.89 bits per heavy atom. The van der Waals surface area contributed by atoms with E-state index >= 15 is 0 Å². The van der Waals surface area contributed by atoms with Gasteiger partial charge in [-0.2, -0.15) is 0 Å². The molecule has 1 saturated carbocycles. The molecule has 0 aromatic carbocycles. The summed E-state index contributed by atoms with van der Waals surface area (Å²) in [4.78, 5) is 2.53. The van der Waals surface area contributed by atoms with Crippen LogP contribution in [0.15, 0.2) is 16.7 Å². The number of hydrogen-bond donors (Lipinski definition) is 1. The van der Waals surface area contributed by atoms with Crippen LogP contribution >= 0.6 is 0 Å². The van der Waals surface area contributed by atoms with Gasteiger partial charge in [-0.15, -0.1) is 0 Å². The minimum atomic E-state index is 0.587. The van der Waals surface area contributed by atoms with Gasteiger partial charge in [-0.1, -0.05) is 12.8 Å². The van der Waals surface area contributed by atoms with Gasteiger partial charge in [0.05, 0.1) is 12.8 Å². The second kappa shape index (κ2) is 5.06. The Labute approximate surface area is 109 Å². The fourth-order valence-corrected chi connectivity index (χ4v) is 3.70. The predicted molar refractivity (Wildman–Crippen MR) is 72.0 cm³/mol. The van der Waals surface area contributed by atoms with Crippen LogP contribution in [0.2, 0.25) is 0 Å².